The van der Waals surface area contributed by atoms with E-state index in [0.29, 0.717) is 24.3 Å². The summed E-state index contributed by atoms with van der Waals surface area (Å²) in [6.45, 7) is 0. The molecule has 1 aliphatic carbocycles. The Morgan fingerprint density at radius 2 is 1.91 bits per heavy atom. The number of benzene rings is 1. The quantitative estimate of drug-likeness (QED) is 0.326. The van der Waals surface area contributed by atoms with Crippen LogP contribution in [0.2, 0.25) is 0 Å². The van der Waals surface area contributed by atoms with Gasteiger partial charge in [0.25, 0.3) is 0 Å². The Hall–Kier alpha value is -3.92. The zero-order valence-corrected chi connectivity index (χ0v) is 18.0. The van der Waals surface area contributed by atoms with E-state index in [1.54, 1.807) is 6.20 Å². The monoisotopic (exact) mass is 440 g/mol. The summed E-state index contributed by atoms with van der Waals surface area (Å²) in [5, 5.41) is 18.8. The Bertz CT molecular complexity index is 1390. The number of tetrazole rings is 1. The van der Waals surface area contributed by atoms with Gasteiger partial charge in [0.2, 0.25) is 5.82 Å². The topological polar surface area (TPSA) is 147 Å². The maximum atomic E-state index is 6.12. The van der Waals surface area contributed by atoms with Gasteiger partial charge < -0.3 is 16.0 Å². The number of aromatic nitrogens is 8. The molecule has 0 amide bonds. The maximum Gasteiger partial charge on any atom is 0.206 e. The number of hydrogen-bond donors (Lipinski definition) is 4. The number of H-pyrrole nitrogens is 2. The molecule has 1 fully saturated rings. The second-order valence-corrected chi connectivity index (χ2v) is 8.61. The molecule has 4 aromatic heterocycles. The molecule has 0 bridgehead atoms. The Morgan fingerprint density at radius 3 is 2.70 bits per heavy atom. The van der Waals surface area contributed by atoms with Crippen LogP contribution in [-0.2, 0) is 6.42 Å². The van der Waals surface area contributed by atoms with Crippen molar-refractivity contribution in [2.75, 3.05) is 5.32 Å². The van der Waals surface area contributed by atoms with E-state index in [1.807, 2.05) is 24.3 Å². The van der Waals surface area contributed by atoms with Gasteiger partial charge in [0.05, 0.1) is 10.9 Å². The number of pyridine rings is 1. The van der Waals surface area contributed by atoms with Gasteiger partial charge in [0.15, 0.2) is 0 Å². The number of fused-ring (bicyclic) bond motifs is 3. The summed E-state index contributed by atoms with van der Waals surface area (Å²) >= 11 is 0. The number of nitrogens with zero attached hydrogens (tertiary/aromatic N) is 6. The molecule has 4 heterocycles. The fraction of sp³-hybridized carbons (Fsp3) is 0.304. The van der Waals surface area contributed by atoms with Gasteiger partial charge in [-0.15, -0.1) is 10.2 Å². The highest BCUT2D eigenvalue weighted by atomic mass is 15.5. The molecule has 33 heavy (non-hydrogen) atoms. The third kappa shape index (κ3) is 3.89. The van der Waals surface area contributed by atoms with E-state index in [1.165, 1.54) is 5.56 Å². The summed E-state index contributed by atoms with van der Waals surface area (Å²) in [6, 6.07) is 12.8. The molecular formula is C23H24N10. The average molecular weight is 441 g/mol. The van der Waals surface area contributed by atoms with Crippen molar-refractivity contribution in [3.8, 4) is 11.4 Å². The molecule has 1 aliphatic rings. The van der Waals surface area contributed by atoms with Crippen LogP contribution >= 0.6 is 0 Å². The predicted molar refractivity (Wildman–Crippen MR) is 125 cm³/mol. The van der Waals surface area contributed by atoms with E-state index in [0.717, 1.165) is 65.0 Å². The fourth-order valence-corrected chi connectivity index (χ4v) is 4.53. The van der Waals surface area contributed by atoms with Crippen LogP contribution in [0.4, 0.5) is 5.82 Å². The summed E-state index contributed by atoms with van der Waals surface area (Å²) in [5.74, 6) is 2.07. The van der Waals surface area contributed by atoms with Crippen LogP contribution in [-0.4, -0.2) is 52.6 Å². The van der Waals surface area contributed by atoms with E-state index in [2.05, 4.69) is 43.1 Å². The van der Waals surface area contributed by atoms with Crippen LogP contribution in [0.25, 0.3) is 33.5 Å². The van der Waals surface area contributed by atoms with Crippen LogP contribution in [0.5, 0.6) is 0 Å². The van der Waals surface area contributed by atoms with Crippen molar-refractivity contribution in [1.29, 1.82) is 0 Å². The number of anilines is 1. The standard InChI is InChI=1S/C23H24N10/c24-15-6-8-16(9-7-15)26-22-19-20-17(11-14(12-25-20)21-30-32-33-31-21)27-23(19)29-18(28-22)10-13-4-2-1-3-5-13/h1-5,11-12,15-16H,6-10,24H2,(H2,26,27,28,29)(H,30,31,32,33)/t15-,16-. The number of aromatic amines is 2. The lowest BCUT2D eigenvalue weighted by atomic mass is 9.92. The minimum atomic E-state index is 0.292. The molecule has 5 aromatic rings. The molecule has 10 heteroatoms. The predicted octanol–water partition coefficient (Wildman–Crippen LogP) is 2.96. The fourth-order valence-electron chi connectivity index (χ4n) is 4.53. The number of nitrogens with two attached hydrogens (primary N) is 1. The molecule has 5 N–H and O–H groups in total. The average Bonchev–Trinajstić information content (AvgIpc) is 3.49. The summed E-state index contributed by atoms with van der Waals surface area (Å²) in [5.41, 5.74) is 10.5. The SMILES string of the molecule is N[C@H]1CC[C@H](Nc2nc(Cc3ccccc3)nc3[nH]c4cc(-c5nn[nH]n5)cnc4c23)CC1. The molecule has 0 aliphatic heterocycles. The number of nitrogens with one attached hydrogen (secondary N) is 3. The smallest absolute Gasteiger partial charge is 0.206 e. The van der Waals surface area contributed by atoms with Crippen LogP contribution in [0.1, 0.15) is 37.1 Å². The minimum Gasteiger partial charge on any atom is -0.367 e. The highest BCUT2D eigenvalue weighted by Gasteiger charge is 2.22. The number of hydrogen-bond acceptors (Lipinski definition) is 8. The lowest BCUT2D eigenvalue weighted by Gasteiger charge is -2.27. The Balaban J connectivity index is 1.45. The van der Waals surface area contributed by atoms with E-state index in [9.17, 15) is 0 Å². The summed E-state index contributed by atoms with van der Waals surface area (Å²) < 4.78 is 0. The van der Waals surface area contributed by atoms with Gasteiger partial charge in [-0.05, 0) is 42.5 Å². The van der Waals surface area contributed by atoms with Crippen LogP contribution in [0, 0.1) is 0 Å². The van der Waals surface area contributed by atoms with Crippen molar-refractivity contribution in [3.05, 3.63) is 54.0 Å². The van der Waals surface area contributed by atoms with Gasteiger partial charge >= 0.3 is 0 Å². The highest BCUT2D eigenvalue weighted by Crippen LogP contribution is 2.32. The van der Waals surface area contributed by atoms with Gasteiger partial charge in [-0.3, -0.25) is 4.98 Å². The zero-order valence-electron chi connectivity index (χ0n) is 18.0. The van der Waals surface area contributed by atoms with Gasteiger partial charge in [-0.25, -0.2) is 9.97 Å². The Morgan fingerprint density at radius 1 is 1.06 bits per heavy atom. The Kier molecular flexibility index (Phi) is 4.91. The zero-order chi connectivity index (χ0) is 22.2. The molecule has 1 saturated carbocycles. The molecule has 0 unspecified atom stereocenters. The van der Waals surface area contributed by atoms with E-state index in [-0.39, 0.29) is 0 Å². The van der Waals surface area contributed by atoms with Crippen molar-refractivity contribution < 1.29 is 0 Å². The van der Waals surface area contributed by atoms with E-state index < -0.39 is 0 Å². The van der Waals surface area contributed by atoms with E-state index in [4.69, 9.17) is 20.7 Å². The third-order valence-electron chi connectivity index (χ3n) is 6.25. The Labute approximate surface area is 189 Å². The molecular weight excluding hydrogens is 416 g/mol. The normalized spacial score (nSPS) is 18.7. The molecule has 10 nitrogen and oxygen atoms in total. The second kappa shape index (κ2) is 8.21. The van der Waals surface area contributed by atoms with Gasteiger partial charge in [-0.2, -0.15) is 5.21 Å². The molecule has 0 radical (unpaired) electrons. The van der Waals surface area contributed by atoms with Crippen LogP contribution < -0.4 is 11.1 Å². The van der Waals surface area contributed by atoms with Gasteiger partial charge in [0, 0.05) is 30.3 Å². The maximum absolute atomic E-state index is 6.12. The molecule has 0 atom stereocenters. The van der Waals surface area contributed by atoms with Crippen molar-refractivity contribution in [2.45, 2.75) is 44.2 Å². The number of rotatable bonds is 5. The minimum absolute atomic E-state index is 0.292. The molecule has 0 spiro atoms. The summed E-state index contributed by atoms with van der Waals surface area (Å²) in [4.78, 5) is 17.9. The molecule has 166 valence electrons. The summed E-state index contributed by atoms with van der Waals surface area (Å²) in [6.07, 6.45) is 6.49. The molecule has 1 aromatic carbocycles. The van der Waals surface area contributed by atoms with Crippen molar-refractivity contribution >= 4 is 27.9 Å². The lowest BCUT2D eigenvalue weighted by Crippen LogP contribution is -2.33. The van der Waals surface area contributed by atoms with Crippen molar-refractivity contribution in [3.63, 3.8) is 0 Å². The largest absolute Gasteiger partial charge is 0.367 e. The summed E-state index contributed by atoms with van der Waals surface area (Å²) in [7, 11) is 0. The second-order valence-electron chi connectivity index (χ2n) is 8.61. The third-order valence-corrected chi connectivity index (χ3v) is 6.25. The first kappa shape index (κ1) is 19.7. The first-order valence-corrected chi connectivity index (χ1v) is 11.2. The lowest BCUT2D eigenvalue weighted by molar-refractivity contribution is 0.410. The van der Waals surface area contributed by atoms with Gasteiger partial charge in [-0.1, -0.05) is 30.3 Å². The van der Waals surface area contributed by atoms with Crippen molar-refractivity contribution in [2.24, 2.45) is 5.73 Å². The van der Waals surface area contributed by atoms with Crippen LogP contribution in [0.15, 0.2) is 42.6 Å². The van der Waals surface area contributed by atoms with Gasteiger partial charge in [0.1, 0.15) is 22.8 Å². The molecule has 6 rings (SSSR count). The van der Waals surface area contributed by atoms with Crippen LogP contribution in [0.3, 0.4) is 0 Å². The highest BCUT2D eigenvalue weighted by molar-refractivity contribution is 6.09. The molecule has 0 saturated heterocycles. The van der Waals surface area contributed by atoms with Crippen molar-refractivity contribution in [1.82, 2.24) is 40.6 Å². The van der Waals surface area contributed by atoms with E-state index >= 15 is 0 Å². The first-order chi connectivity index (χ1) is 16.2. The first-order valence-electron chi connectivity index (χ1n) is 11.2.